The number of ether oxygens (including phenoxy) is 2. The number of rotatable bonds is 6. The van der Waals surface area contributed by atoms with Crippen LogP contribution in [0.3, 0.4) is 0 Å². The van der Waals surface area contributed by atoms with Crippen LogP contribution in [0.1, 0.15) is 21.5 Å². The van der Waals surface area contributed by atoms with E-state index in [1.807, 2.05) is 42.5 Å². The molecule has 174 valence electrons. The first-order chi connectivity index (χ1) is 17.0. The van der Waals surface area contributed by atoms with Gasteiger partial charge in [0.05, 0.1) is 17.5 Å². The van der Waals surface area contributed by atoms with Gasteiger partial charge in [0.1, 0.15) is 18.1 Å². The molecule has 0 aliphatic carbocycles. The highest BCUT2D eigenvalue weighted by Gasteiger charge is 2.26. The van der Waals surface area contributed by atoms with E-state index in [2.05, 4.69) is 5.32 Å². The summed E-state index contributed by atoms with van der Waals surface area (Å²) >= 11 is 0.827. The number of thioether (sulfide) groups is 1. The van der Waals surface area contributed by atoms with Crippen LogP contribution in [-0.4, -0.2) is 28.7 Å². The van der Waals surface area contributed by atoms with Gasteiger partial charge in [-0.1, -0.05) is 36.4 Å². The van der Waals surface area contributed by atoms with E-state index in [0.717, 1.165) is 17.3 Å². The molecular formula is C27H20N2O5S. The van der Waals surface area contributed by atoms with Crippen LogP contribution in [0.5, 0.6) is 11.5 Å². The highest BCUT2D eigenvalue weighted by atomic mass is 32.2. The second kappa shape index (κ2) is 9.52. The summed E-state index contributed by atoms with van der Waals surface area (Å²) in [6.45, 7) is 0.388. The Labute approximate surface area is 205 Å². The minimum Gasteiger partial charge on any atom is -0.497 e. The van der Waals surface area contributed by atoms with E-state index in [-0.39, 0.29) is 10.8 Å². The van der Waals surface area contributed by atoms with Crippen LogP contribution >= 0.6 is 11.8 Å². The summed E-state index contributed by atoms with van der Waals surface area (Å²) in [7, 11) is 1.54. The number of imide groups is 1. The summed E-state index contributed by atoms with van der Waals surface area (Å²) in [6, 6.07) is 22.1. The van der Waals surface area contributed by atoms with E-state index in [1.54, 1.807) is 49.7 Å². The number of benzene rings is 3. The smallest absolute Gasteiger partial charge is 0.290 e. The quantitative estimate of drug-likeness (QED) is 0.377. The first-order valence-corrected chi connectivity index (χ1v) is 11.6. The van der Waals surface area contributed by atoms with Crippen molar-refractivity contribution in [1.29, 1.82) is 0 Å². The molecule has 4 aromatic rings. The van der Waals surface area contributed by atoms with Crippen LogP contribution in [0.25, 0.3) is 17.0 Å². The lowest BCUT2D eigenvalue weighted by Gasteiger charge is -2.08. The van der Waals surface area contributed by atoms with Crippen molar-refractivity contribution in [2.45, 2.75) is 6.61 Å². The first-order valence-electron chi connectivity index (χ1n) is 10.8. The van der Waals surface area contributed by atoms with E-state index in [1.165, 1.54) is 4.57 Å². The SMILES string of the molecule is COc1cccc(C(=O)n2cc(/C=C3/SC(=O)NC3=O)c3cc(OCc4ccccc4)ccc32)c1. The number of aromatic nitrogens is 1. The summed E-state index contributed by atoms with van der Waals surface area (Å²) in [5.41, 5.74) is 2.74. The van der Waals surface area contributed by atoms with Crippen LogP contribution in [0.15, 0.2) is 83.9 Å². The molecule has 1 saturated heterocycles. The number of nitrogens with zero attached hydrogens (tertiary/aromatic N) is 1. The number of amides is 2. The predicted octanol–water partition coefficient (Wildman–Crippen LogP) is 5.24. The van der Waals surface area contributed by atoms with Crippen molar-refractivity contribution in [3.05, 3.63) is 101 Å². The molecule has 35 heavy (non-hydrogen) atoms. The average molecular weight is 485 g/mol. The minimum atomic E-state index is -0.462. The Morgan fingerprint density at radius 2 is 1.83 bits per heavy atom. The normalized spacial score (nSPS) is 14.4. The van der Waals surface area contributed by atoms with E-state index in [9.17, 15) is 14.4 Å². The third kappa shape index (κ3) is 4.69. The third-order valence-corrected chi connectivity index (χ3v) is 6.33. The summed E-state index contributed by atoms with van der Waals surface area (Å²) in [6.07, 6.45) is 3.28. The largest absolute Gasteiger partial charge is 0.497 e. The van der Waals surface area contributed by atoms with E-state index < -0.39 is 11.1 Å². The van der Waals surface area contributed by atoms with Gasteiger partial charge in [0, 0.05) is 22.7 Å². The first kappa shape index (κ1) is 22.5. The molecule has 1 aliphatic rings. The Kier molecular flexibility index (Phi) is 6.12. The number of fused-ring (bicyclic) bond motifs is 1. The van der Waals surface area contributed by atoms with Crippen molar-refractivity contribution < 1.29 is 23.9 Å². The van der Waals surface area contributed by atoms with Crippen molar-refractivity contribution in [2.75, 3.05) is 7.11 Å². The lowest BCUT2D eigenvalue weighted by molar-refractivity contribution is -0.115. The van der Waals surface area contributed by atoms with Gasteiger partial charge in [0.15, 0.2) is 0 Å². The molecule has 0 saturated carbocycles. The molecule has 1 aliphatic heterocycles. The van der Waals surface area contributed by atoms with Crippen LogP contribution < -0.4 is 14.8 Å². The summed E-state index contributed by atoms with van der Waals surface area (Å²) in [4.78, 5) is 37.5. The average Bonchev–Trinajstić information content (AvgIpc) is 3.41. The fourth-order valence-corrected chi connectivity index (χ4v) is 4.48. The monoisotopic (exact) mass is 484 g/mol. The van der Waals surface area contributed by atoms with Crippen molar-refractivity contribution in [3.8, 4) is 11.5 Å². The molecule has 0 radical (unpaired) electrons. The number of methoxy groups -OCH3 is 1. The Morgan fingerprint density at radius 1 is 1.00 bits per heavy atom. The van der Waals surface area contributed by atoms with Crippen LogP contribution in [0, 0.1) is 0 Å². The van der Waals surface area contributed by atoms with Gasteiger partial charge in [-0.05, 0) is 59.8 Å². The summed E-state index contributed by atoms with van der Waals surface area (Å²) in [5, 5.41) is 2.55. The molecule has 0 unspecified atom stereocenters. The number of carbonyl (C=O) groups excluding carboxylic acids is 3. The van der Waals surface area contributed by atoms with Gasteiger partial charge in [-0.15, -0.1) is 0 Å². The molecule has 8 heteroatoms. The molecule has 0 atom stereocenters. The number of hydrogen-bond acceptors (Lipinski definition) is 6. The van der Waals surface area contributed by atoms with Gasteiger partial charge in [-0.2, -0.15) is 0 Å². The van der Waals surface area contributed by atoms with Crippen LogP contribution in [-0.2, 0) is 11.4 Å². The van der Waals surface area contributed by atoms with E-state index >= 15 is 0 Å². The van der Waals surface area contributed by atoms with Gasteiger partial charge < -0.3 is 9.47 Å². The highest BCUT2D eigenvalue weighted by Crippen LogP contribution is 2.32. The lowest BCUT2D eigenvalue weighted by Crippen LogP contribution is -2.17. The number of nitrogens with one attached hydrogen (secondary N) is 1. The maximum absolute atomic E-state index is 13.4. The molecule has 1 N–H and O–H groups in total. The molecule has 3 aromatic carbocycles. The number of hydrogen-bond donors (Lipinski definition) is 1. The van der Waals surface area contributed by atoms with Crippen LogP contribution in [0.4, 0.5) is 4.79 Å². The molecule has 2 amide bonds. The molecule has 1 fully saturated rings. The molecule has 0 bridgehead atoms. The highest BCUT2D eigenvalue weighted by molar-refractivity contribution is 8.18. The Hall–Kier alpha value is -4.30. The van der Waals surface area contributed by atoms with E-state index in [0.29, 0.717) is 40.1 Å². The lowest BCUT2D eigenvalue weighted by atomic mass is 10.1. The topological polar surface area (TPSA) is 86.6 Å². The number of carbonyl (C=O) groups is 3. The predicted molar refractivity (Wildman–Crippen MR) is 135 cm³/mol. The third-order valence-electron chi connectivity index (χ3n) is 5.52. The summed E-state index contributed by atoms with van der Waals surface area (Å²) < 4.78 is 12.8. The zero-order chi connectivity index (χ0) is 24.4. The Morgan fingerprint density at radius 3 is 2.57 bits per heavy atom. The van der Waals surface area contributed by atoms with Crippen LogP contribution in [0.2, 0.25) is 0 Å². The zero-order valence-electron chi connectivity index (χ0n) is 18.7. The van der Waals surface area contributed by atoms with Gasteiger partial charge in [0.2, 0.25) is 0 Å². The maximum Gasteiger partial charge on any atom is 0.290 e. The standard InChI is InChI=1S/C27H20N2O5S/c1-33-20-9-5-8-18(12-20)26(31)29-15-19(13-24-25(30)28-27(32)35-24)22-14-21(10-11-23(22)29)34-16-17-6-3-2-4-7-17/h2-15H,16H2,1H3,(H,28,30,32)/b24-13+. The maximum atomic E-state index is 13.4. The molecular weight excluding hydrogens is 464 g/mol. The van der Waals surface area contributed by atoms with Crippen molar-refractivity contribution in [3.63, 3.8) is 0 Å². The van der Waals surface area contributed by atoms with E-state index in [4.69, 9.17) is 9.47 Å². The minimum absolute atomic E-state index is 0.254. The molecule has 1 aromatic heterocycles. The van der Waals surface area contributed by atoms with Gasteiger partial charge in [-0.25, -0.2) is 0 Å². The van der Waals surface area contributed by atoms with Gasteiger partial charge >= 0.3 is 0 Å². The molecule has 7 nitrogen and oxygen atoms in total. The van der Waals surface area contributed by atoms with Crippen molar-refractivity contribution in [1.82, 2.24) is 9.88 Å². The fourth-order valence-electron chi connectivity index (χ4n) is 3.81. The second-order valence-corrected chi connectivity index (χ2v) is 8.81. The Balaban J connectivity index is 1.57. The van der Waals surface area contributed by atoms with Gasteiger partial charge in [0.25, 0.3) is 17.1 Å². The molecule has 2 heterocycles. The van der Waals surface area contributed by atoms with Gasteiger partial charge in [-0.3, -0.25) is 24.3 Å². The summed E-state index contributed by atoms with van der Waals surface area (Å²) in [5.74, 6) is 0.476. The molecule has 5 rings (SSSR count). The molecule has 0 spiro atoms. The van der Waals surface area contributed by atoms with Crippen molar-refractivity contribution >= 4 is 45.8 Å². The Bertz CT molecular complexity index is 1490. The zero-order valence-corrected chi connectivity index (χ0v) is 19.5. The fraction of sp³-hybridized carbons (Fsp3) is 0.0741. The van der Waals surface area contributed by atoms with Crippen molar-refractivity contribution in [2.24, 2.45) is 0 Å². The second-order valence-electron chi connectivity index (χ2n) is 7.80.